The first kappa shape index (κ1) is 24.7. The minimum atomic E-state index is -0.112. The Bertz CT molecular complexity index is 2420. The molecular weight excluding hydrogens is 528 g/mol. The average molecular weight is 563 g/mol. The molecule has 0 unspecified atom stereocenters. The van der Waals surface area contributed by atoms with Gasteiger partial charge in [0, 0.05) is 10.8 Å². The molecule has 0 atom stereocenters. The summed E-state index contributed by atoms with van der Waals surface area (Å²) in [5.74, 6) is 0. The van der Waals surface area contributed by atoms with E-state index in [2.05, 4.69) is 139 Å². The molecule has 0 amide bonds. The minimum Gasteiger partial charge on any atom is -0.0616 e. The number of fused-ring (bicyclic) bond motifs is 8. The highest BCUT2D eigenvalue weighted by Crippen LogP contribution is 2.59. The normalized spacial score (nSPS) is 15.9. The van der Waals surface area contributed by atoms with Gasteiger partial charge in [-0.1, -0.05) is 113 Å². The Morgan fingerprint density at radius 2 is 0.818 bits per heavy atom. The van der Waals surface area contributed by atoms with Gasteiger partial charge in [0.1, 0.15) is 0 Å². The van der Waals surface area contributed by atoms with Crippen LogP contribution in [-0.4, -0.2) is 0 Å². The Morgan fingerprint density at radius 1 is 0.409 bits per heavy atom. The monoisotopic (exact) mass is 562 g/mol. The molecule has 0 saturated heterocycles. The lowest BCUT2D eigenvalue weighted by Gasteiger charge is -2.40. The second-order valence-electron chi connectivity index (χ2n) is 14.6. The van der Waals surface area contributed by atoms with E-state index in [0.29, 0.717) is 0 Å². The van der Waals surface area contributed by atoms with Crippen LogP contribution in [0.5, 0.6) is 0 Å². The van der Waals surface area contributed by atoms with Gasteiger partial charge in [0.25, 0.3) is 0 Å². The quantitative estimate of drug-likeness (QED) is 0.161. The van der Waals surface area contributed by atoms with Crippen molar-refractivity contribution in [2.45, 2.75) is 52.4 Å². The van der Waals surface area contributed by atoms with Gasteiger partial charge in [0.2, 0.25) is 0 Å². The molecule has 0 bridgehead atoms. The molecule has 0 fully saturated rings. The van der Waals surface area contributed by atoms with E-state index in [1.807, 2.05) is 0 Å². The van der Waals surface area contributed by atoms with Crippen LogP contribution in [0.4, 0.5) is 0 Å². The molecule has 0 spiro atoms. The zero-order valence-corrected chi connectivity index (χ0v) is 26.2. The van der Waals surface area contributed by atoms with Crippen LogP contribution in [0.3, 0.4) is 0 Å². The van der Waals surface area contributed by atoms with Crippen molar-refractivity contribution in [1.82, 2.24) is 0 Å². The predicted molar refractivity (Wildman–Crippen MR) is 190 cm³/mol. The third-order valence-corrected chi connectivity index (χ3v) is 11.5. The van der Waals surface area contributed by atoms with Crippen molar-refractivity contribution < 1.29 is 0 Å². The number of hydrogen-bond donors (Lipinski definition) is 0. The molecule has 0 saturated carbocycles. The van der Waals surface area contributed by atoms with Crippen molar-refractivity contribution in [3.8, 4) is 22.3 Å². The van der Waals surface area contributed by atoms with E-state index < -0.39 is 0 Å². The molecular formula is C44H34. The van der Waals surface area contributed by atoms with Crippen LogP contribution >= 0.6 is 0 Å². The fourth-order valence-electron chi connectivity index (χ4n) is 9.89. The number of benzene rings is 8. The molecule has 210 valence electrons. The highest BCUT2D eigenvalue weighted by molar-refractivity contribution is 6.33. The van der Waals surface area contributed by atoms with Crippen LogP contribution in [0.25, 0.3) is 76.1 Å². The van der Waals surface area contributed by atoms with Crippen LogP contribution in [0.2, 0.25) is 0 Å². The summed E-state index contributed by atoms with van der Waals surface area (Å²) in [5.41, 5.74) is 14.0. The molecule has 0 heteroatoms. The van der Waals surface area contributed by atoms with Gasteiger partial charge in [-0.15, -0.1) is 0 Å². The van der Waals surface area contributed by atoms with Crippen molar-refractivity contribution in [3.05, 3.63) is 130 Å². The summed E-state index contributed by atoms with van der Waals surface area (Å²) in [4.78, 5) is 0. The molecule has 0 nitrogen and oxygen atoms in total. The first-order valence-corrected chi connectivity index (χ1v) is 16.0. The SMILES string of the molecule is Cc1cc2cc3c4c(c(C)cc5cc6c(c1C(C)(C)c1ccc7ccccc7c1-6)c2c54)C(C)(C)c1ccc2ccccc2c1-3. The summed E-state index contributed by atoms with van der Waals surface area (Å²) in [6.07, 6.45) is 0. The summed E-state index contributed by atoms with van der Waals surface area (Å²) in [7, 11) is 0. The van der Waals surface area contributed by atoms with E-state index in [1.54, 1.807) is 0 Å². The van der Waals surface area contributed by atoms with Gasteiger partial charge >= 0.3 is 0 Å². The third kappa shape index (κ3) is 2.69. The van der Waals surface area contributed by atoms with E-state index in [1.165, 1.54) is 109 Å². The first-order chi connectivity index (χ1) is 21.2. The van der Waals surface area contributed by atoms with Crippen LogP contribution in [0.1, 0.15) is 61.1 Å². The maximum Gasteiger partial charge on any atom is 0.0161 e. The van der Waals surface area contributed by atoms with Crippen molar-refractivity contribution >= 4 is 53.9 Å². The summed E-state index contributed by atoms with van der Waals surface area (Å²) < 4.78 is 0. The van der Waals surface area contributed by atoms with E-state index in [-0.39, 0.29) is 10.8 Å². The van der Waals surface area contributed by atoms with E-state index >= 15 is 0 Å². The van der Waals surface area contributed by atoms with Gasteiger partial charge in [0.05, 0.1) is 0 Å². The molecule has 0 N–H and O–H groups in total. The van der Waals surface area contributed by atoms with Crippen molar-refractivity contribution in [2.75, 3.05) is 0 Å². The molecule has 2 aliphatic carbocycles. The molecule has 10 rings (SSSR count). The lowest BCUT2D eigenvalue weighted by molar-refractivity contribution is 0.641. The highest BCUT2D eigenvalue weighted by Gasteiger charge is 2.40. The van der Waals surface area contributed by atoms with Crippen LogP contribution in [0.15, 0.2) is 97.1 Å². The largest absolute Gasteiger partial charge is 0.0616 e. The van der Waals surface area contributed by atoms with Crippen molar-refractivity contribution in [2.24, 2.45) is 0 Å². The molecule has 8 aromatic carbocycles. The predicted octanol–water partition coefficient (Wildman–Crippen LogP) is 12.1. The molecule has 2 aliphatic rings. The van der Waals surface area contributed by atoms with E-state index in [9.17, 15) is 0 Å². The molecule has 8 aromatic rings. The van der Waals surface area contributed by atoms with Crippen LogP contribution in [-0.2, 0) is 10.8 Å². The second-order valence-corrected chi connectivity index (χ2v) is 14.6. The van der Waals surface area contributed by atoms with Gasteiger partial charge in [0.15, 0.2) is 0 Å². The van der Waals surface area contributed by atoms with Crippen LogP contribution < -0.4 is 0 Å². The van der Waals surface area contributed by atoms with Gasteiger partial charge in [-0.25, -0.2) is 0 Å². The fourth-order valence-corrected chi connectivity index (χ4v) is 9.89. The Balaban J connectivity index is 1.50. The molecule has 44 heavy (non-hydrogen) atoms. The lowest BCUT2D eigenvalue weighted by Crippen LogP contribution is -2.26. The summed E-state index contributed by atoms with van der Waals surface area (Å²) in [6.45, 7) is 14.5. The first-order valence-electron chi connectivity index (χ1n) is 16.0. The minimum absolute atomic E-state index is 0.112. The fraction of sp³-hybridized carbons (Fsp3) is 0.182. The Morgan fingerprint density at radius 3 is 1.25 bits per heavy atom. The average Bonchev–Trinajstić information content (AvgIpc) is 3.00. The van der Waals surface area contributed by atoms with E-state index in [0.717, 1.165) is 0 Å². The summed E-state index contributed by atoms with van der Waals surface area (Å²) in [5, 5.41) is 13.9. The van der Waals surface area contributed by atoms with Gasteiger partial charge in [-0.3, -0.25) is 0 Å². The zero-order chi connectivity index (χ0) is 29.9. The topological polar surface area (TPSA) is 0 Å². The second kappa shape index (κ2) is 7.69. The molecule has 0 radical (unpaired) electrons. The number of hydrogen-bond acceptors (Lipinski definition) is 0. The molecule has 0 heterocycles. The standard InChI is InChI=1S/C44H34/c1-23-19-27-21-32-38-30-14-10-8-12-26(30)16-18-34(38)44(5,6)42-24(2)20-28-22-31-37-29-13-9-7-11-25(29)15-17-33(37)43(3,4)41(23)39(31)35(27)36(28)40(32)42/h7-22H,1-6H3. The maximum atomic E-state index is 2.55. The molecule has 0 aliphatic heterocycles. The zero-order valence-electron chi connectivity index (χ0n) is 26.2. The Kier molecular flexibility index (Phi) is 4.32. The maximum absolute atomic E-state index is 2.55. The Hall–Kier alpha value is -4.68. The Labute approximate surface area is 258 Å². The van der Waals surface area contributed by atoms with Gasteiger partial charge in [-0.2, -0.15) is 0 Å². The highest BCUT2D eigenvalue weighted by atomic mass is 14.4. The molecule has 0 aromatic heterocycles. The summed E-state index contributed by atoms with van der Waals surface area (Å²) in [6, 6.07) is 37.5. The van der Waals surface area contributed by atoms with Crippen molar-refractivity contribution in [3.63, 3.8) is 0 Å². The number of aryl methyl sites for hydroxylation is 2. The van der Waals surface area contributed by atoms with Crippen molar-refractivity contribution in [1.29, 1.82) is 0 Å². The van der Waals surface area contributed by atoms with Gasteiger partial charge < -0.3 is 0 Å². The lowest BCUT2D eigenvalue weighted by atomic mass is 9.63. The smallest absolute Gasteiger partial charge is 0.0161 e. The van der Waals surface area contributed by atoms with Crippen LogP contribution in [0, 0.1) is 13.8 Å². The third-order valence-electron chi connectivity index (χ3n) is 11.5. The number of rotatable bonds is 0. The van der Waals surface area contributed by atoms with E-state index in [4.69, 9.17) is 0 Å². The summed E-state index contributed by atoms with van der Waals surface area (Å²) >= 11 is 0. The van der Waals surface area contributed by atoms with Gasteiger partial charge in [-0.05, 0) is 135 Å².